The minimum atomic E-state index is -0.794. The van der Waals surface area contributed by atoms with Crippen molar-refractivity contribution in [2.24, 2.45) is 0 Å². The molecule has 0 fully saturated rings. The van der Waals surface area contributed by atoms with Crippen LogP contribution in [0.3, 0.4) is 0 Å². The molecule has 8 heteroatoms. The number of benzene rings is 2. The number of carbonyl (C=O) groups excluding carboxylic acids is 1. The van der Waals surface area contributed by atoms with Crippen LogP contribution in [0.25, 0.3) is 11.3 Å². The average Bonchev–Trinajstić information content (AvgIpc) is 3.18. The fraction of sp³-hybridized carbons (Fsp3) is 0.286. The van der Waals surface area contributed by atoms with E-state index in [0.29, 0.717) is 23.8 Å². The van der Waals surface area contributed by atoms with Crippen LogP contribution in [0.1, 0.15) is 19.4 Å². The Morgan fingerprint density at radius 2 is 1.90 bits per heavy atom. The van der Waals surface area contributed by atoms with Gasteiger partial charge in [-0.3, -0.25) is 4.79 Å². The molecule has 0 saturated heterocycles. The van der Waals surface area contributed by atoms with Crippen molar-refractivity contribution in [3.8, 4) is 28.5 Å². The zero-order valence-corrected chi connectivity index (χ0v) is 16.8. The van der Waals surface area contributed by atoms with Crippen LogP contribution in [-0.4, -0.2) is 36.0 Å². The van der Waals surface area contributed by atoms with Gasteiger partial charge in [0.15, 0.2) is 23.3 Å². The molecule has 0 bridgehead atoms. The number of methoxy groups -OCH3 is 1. The van der Waals surface area contributed by atoms with Crippen molar-refractivity contribution >= 4 is 11.7 Å². The Kier molecular flexibility index (Phi) is 6.33. The molecule has 0 aliphatic rings. The number of aromatic nitrogens is 2. The molecular weight excluding hydrogens is 374 g/mol. The summed E-state index contributed by atoms with van der Waals surface area (Å²) < 4.78 is 21.4. The lowest BCUT2D eigenvalue weighted by Gasteiger charge is -2.16. The van der Waals surface area contributed by atoms with Crippen molar-refractivity contribution in [3.05, 3.63) is 48.0 Å². The third-order valence-electron chi connectivity index (χ3n) is 4.22. The minimum Gasteiger partial charge on any atom is -0.494 e. The van der Waals surface area contributed by atoms with Crippen LogP contribution in [0.2, 0.25) is 0 Å². The number of hydrogen-bond donors (Lipinski definition) is 1. The molecule has 1 N–H and O–H groups in total. The van der Waals surface area contributed by atoms with Gasteiger partial charge < -0.3 is 19.5 Å². The van der Waals surface area contributed by atoms with E-state index in [9.17, 15) is 4.79 Å². The molecular formula is C21H23N3O5. The van der Waals surface area contributed by atoms with E-state index in [4.69, 9.17) is 18.8 Å². The Balaban J connectivity index is 1.74. The van der Waals surface area contributed by atoms with E-state index in [1.165, 1.54) is 0 Å². The van der Waals surface area contributed by atoms with Gasteiger partial charge in [0.25, 0.3) is 5.91 Å². The molecule has 0 aliphatic carbocycles. The first-order valence-corrected chi connectivity index (χ1v) is 9.20. The van der Waals surface area contributed by atoms with Crippen LogP contribution in [-0.2, 0) is 4.79 Å². The molecule has 0 unspecified atom stereocenters. The summed E-state index contributed by atoms with van der Waals surface area (Å²) in [6.45, 7) is 6.08. The smallest absolute Gasteiger partial charge is 0.266 e. The summed E-state index contributed by atoms with van der Waals surface area (Å²) in [6.07, 6.45) is -0.794. The van der Waals surface area contributed by atoms with Gasteiger partial charge in [0.1, 0.15) is 5.75 Å². The van der Waals surface area contributed by atoms with Gasteiger partial charge in [0, 0.05) is 5.56 Å². The van der Waals surface area contributed by atoms with Crippen molar-refractivity contribution in [1.82, 2.24) is 10.3 Å². The van der Waals surface area contributed by atoms with Gasteiger partial charge in [-0.25, -0.2) is 4.63 Å². The third-order valence-corrected chi connectivity index (χ3v) is 4.22. The topological polar surface area (TPSA) is 95.7 Å². The summed E-state index contributed by atoms with van der Waals surface area (Å²) in [7, 11) is 1.54. The van der Waals surface area contributed by atoms with Gasteiger partial charge in [-0.2, -0.15) is 0 Å². The van der Waals surface area contributed by atoms with Crippen LogP contribution in [0, 0.1) is 6.92 Å². The van der Waals surface area contributed by atoms with Gasteiger partial charge >= 0.3 is 0 Å². The molecule has 0 saturated carbocycles. The van der Waals surface area contributed by atoms with Crippen molar-refractivity contribution in [2.75, 3.05) is 19.0 Å². The number of para-hydroxylation sites is 2. The Morgan fingerprint density at radius 1 is 1.14 bits per heavy atom. The number of aryl methyl sites for hydroxylation is 1. The van der Waals surface area contributed by atoms with Crippen LogP contribution in [0.15, 0.2) is 47.1 Å². The molecule has 0 aliphatic heterocycles. The fourth-order valence-electron chi connectivity index (χ4n) is 2.75. The zero-order valence-electron chi connectivity index (χ0n) is 16.8. The van der Waals surface area contributed by atoms with E-state index in [1.54, 1.807) is 32.2 Å². The summed E-state index contributed by atoms with van der Waals surface area (Å²) >= 11 is 0. The Hall–Kier alpha value is -3.55. The summed E-state index contributed by atoms with van der Waals surface area (Å²) in [6, 6.07) is 12.7. The van der Waals surface area contributed by atoms with Crippen LogP contribution in [0.4, 0.5) is 5.82 Å². The number of nitrogens with one attached hydrogen (secondary N) is 1. The first-order chi connectivity index (χ1) is 14.0. The lowest BCUT2D eigenvalue weighted by atomic mass is 10.1. The standard InChI is InChI=1S/C21H23N3O5/c1-5-27-16-11-10-15(12-13(16)2)19-20(24-29-23-19)22-21(25)14(3)28-18-9-7-6-8-17(18)26-4/h6-12,14H,5H2,1-4H3,(H,22,24,25)/t14-/m0/s1. The van der Waals surface area contributed by atoms with Crippen molar-refractivity contribution in [3.63, 3.8) is 0 Å². The zero-order chi connectivity index (χ0) is 20.8. The lowest BCUT2D eigenvalue weighted by Crippen LogP contribution is -2.30. The van der Waals surface area contributed by atoms with E-state index in [-0.39, 0.29) is 5.82 Å². The maximum atomic E-state index is 12.6. The number of amides is 1. The highest BCUT2D eigenvalue weighted by Gasteiger charge is 2.21. The van der Waals surface area contributed by atoms with Crippen LogP contribution < -0.4 is 19.5 Å². The number of rotatable bonds is 8. The predicted molar refractivity (Wildman–Crippen MR) is 107 cm³/mol. The summed E-state index contributed by atoms with van der Waals surface area (Å²) in [5.74, 6) is 1.63. The number of hydrogen-bond acceptors (Lipinski definition) is 7. The first kappa shape index (κ1) is 20.2. The predicted octanol–water partition coefficient (Wildman–Crippen LogP) is 3.86. The molecule has 152 valence electrons. The maximum absolute atomic E-state index is 12.6. The molecule has 8 nitrogen and oxygen atoms in total. The van der Waals surface area contributed by atoms with Gasteiger partial charge in [0.2, 0.25) is 5.82 Å². The first-order valence-electron chi connectivity index (χ1n) is 9.20. The molecule has 29 heavy (non-hydrogen) atoms. The van der Waals surface area contributed by atoms with E-state index < -0.39 is 12.0 Å². The lowest BCUT2D eigenvalue weighted by molar-refractivity contribution is -0.122. The highest BCUT2D eigenvalue weighted by Crippen LogP contribution is 2.30. The van der Waals surface area contributed by atoms with Gasteiger partial charge in [-0.05, 0) is 67.0 Å². The molecule has 3 rings (SSSR count). The average molecular weight is 397 g/mol. The van der Waals surface area contributed by atoms with Crippen LogP contribution in [0.5, 0.6) is 17.2 Å². The van der Waals surface area contributed by atoms with Gasteiger partial charge in [-0.15, -0.1) is 0 Å². The quantitative estimate of drug-likeness (QED) is 0.616. The highest BCUT2D eigenvalue weighted by atomic mass is 16.6. The molecule has 3 aromatic rings. The molecule has 2 aromatic carbocycles. The molecule has 1 atom stereocenters. The van der Waals surface area contributed by atoms with E-state index in [1.807, 2.05) is 38.1 Å². The molecule has 0 radical (unpaired) electrons. The third kappa shape index (κ3) is 4.66. The second kappa shape index (κ2) is 9.09. The maximum Gasteiger partial charge on any atom is 0.266 e. The van der Waals surface area contributed by atoms with Crippen molar-refractivity contribution in [2.45, 2.75) is 26.9 Å². The Morgan fingerprint density at radius 3 is 2.59 bits per heavy atom. The monoisotopic (exact) mass is 397 g/mol. The summed E-state index contributed by atoms with van der Waals surface area (Å²) in [5.41, 5.74) is 2.12. The second-order valence-electron chi connectivity index (χ2n) is 6.27. The summed E-state index contributed by atoms with van der Waals surface area (Å²) in [5, 5.41) is 10.4. The van der Waals surface area contributed by atoms with E-state index in [0.717, 1.165) is 16.9 Å². The SMILES string of the molecule is CCOc1ccc(-c2nonc2NC(=O)[C@H](C)Oc2ccccc2OC)cc1C. The molecule has 1 amide bonds. The Bertz CT molecular complexity index is 986. The number of ether oxygens (including phenoxy) is 3. The highest BCUT2D eigenvalue weighted by molar-refractivity contribution is 5.96. The van der Waals surface area contributed by atoms with Crippen molar-refractivity contribution < 1.29 is 23.6 Å². The normalized spacial score (nSPS) is 11.6. The summed E-state index contributed by atoms with van der Waals surface area (Å²) in [4.78, 5) is 12.6. The molecule has 1 aromatic heterocycles. The number of anilines is 1. The van der Waals surface area contributed by atoms with Gasteiger partial charge in [-0.1, -0.05) is 12.1 Å². The van der Waals surface area contributed by atoms with Gasteiger partial charge in [0.05, 0.1) is 13.7 Å². The van der Waals surface area contributed by atoms with Crippen molar-refractivity contribution in [1.29, 1.82) is 0 Å². The molecule has 1 heterocycles. The minimum absolute atomic E-state index is 0.217. The largest absolute Gasteiger partial charge is 0.494 e. The molecule has 0 spiro atoms. The second-order valence-corrected chi connectivity index (χ2v) is 6.27. The van der Waals surface area contributed by atoms with Crippen LogP contribution >= 0.6 is 0 Å². The Labute approximate surface area is 168 Å². The number of nitrogens with zero attached hydrogens (tertiary/aromatic N) is 2. The van der Waals surface area contributed by atoms with E-state index >= 15 is 0 Å². The number of carbonyl (C=O) groups is 1. The van der Waals surface area contributed by atoms with E-state index in [2.05, 4.69) is 15.6 Å². The fourth-order valence-corrected chi connectivity index (χ4v) is 2.75.